The van der Waals surface area contributed by atoms with Crippen LogP contribution in [0.2, 0.25) is 0 Å². The number of nitrogens with one attached hydrogen (secondary N) is 2. The number of likely N-dealkylation sites (tertiary alicyclic amines) is 1. The van der Waals surface area contributed by atoms with Gasteiger partial charge in [0.25, 0.3) is 0 Å². The number of carbonyl (C=O) groups excluding carboxylic acids is 3. The van der Waals surface area contributed by atoms with Crippen molar-refractivity contribution in [2.24, 2.45) is 0 Å². The number of hydroxylamine groups is 1. The van der Waals surface area contributed by atoms with E-state index in [1.807, 2.05) is 56.8 Å². The molecule has 2 atom stereocenters. The van der Waals surface area contributed by atoms with Crippen LogP contribution < -0.4 is 10.8 Å². The maximum absolute atomic E-state index is 13.0. The van der Waals surface area contributed by atoms with Crippen molar-refractivity contribution in [2.45, 2.75) is 101 Å². The van der Waals surface area contributed by atoms with E-state index < -0.39 is 5.60 Å². The number of thioether (sulfide) groups is 1. The van der Waals surface area contributed by atoms with E-state index in [1.165, 1.54) is 4.88 Å². The number of carbonyl (C=O) groups is 3. The van der Waals surface area contributed by atoms with E-state index in [2.05, 4.69) is 22.9 Å². The molecule has 10 nitrogen and oxygen atoms in total. The molecule has 3 saturated heterocycles. The highest BCUT2D eigenvalue weighted by atomic mass is 32.2. The van der Waals surface area contributed by atoms with Crippen LogP contribution in [0.25, 0.3) is 10.4 Å². The van der Waals surface area contributed by atoms with Crippen LogP contribution in [0.3, 0.4) is 0 Å². The molecule has 252 valence electrons. The molecular weight excluding hydrogens is 627 g/mol. The van der Waals surface area contributed by atoms with Crippen molar-refractivity contribution >= 4 is 46.7 Å². The molecule has 3 aliphatic rings. The molecule has 0 saturated carbocycles. The SMILES string of the molecule is CC(C)(C)OC(=O)N1CCC(OCC(=O)Nc2cccc(-c3ccc([C@@]4(CC(=O)NOC5CCCCO5)CCCCS4)s3)c2)CC1. The Morgan fingerprint density at radius 1 is 1.02 bits per heavy atom. The van der Waals surface area contributed by atoms with Crippen LogP contribution in [-0.4, -0.2) is 72.9 Å². The van der Waals surface area contributed by atoms with Gasteiger partial charge in [-0.3, -0.25) is 9.59 Å². The van der Waals surface area contributed by atoms with Gasteiger partial charge < -0.3 is 24.4 Å². The minimum Gasteiger partial charge on any atom is -0.444 e. The number of rotatable bonds is 10. The van der Waals surface area contributed by atoms with Crippen molar-refractivity contribution in [3.05, 3.63) is 41.3 Å². The third-order valence-electron chi connectivity index (χ3n) is 8.27. The Morgan fingerprint density at radius 2 is 1.85 bits per heavy atom. The summed E-state index contributed by atoms with van der Waals surface area (Å²) < 4.78 is 16.6. The summed E-state index contributed by atoms with van der Waals surface area (Å²) in [6.45, 7) is 7.25. The number of hydrogen-bond donors (Lipinski definition) is 2. The normalized spacial score (nSPS) is 22.7. The number of benzene rings is 1. The van der Waals surface area contributed by atoms with Crippen molar-refractivity contribution < 1.29 is 33.4 Å². The molecule has 3 fully saturated rings. The van der Waals surface area contributed by atoms with E-state index >= 15 is 0 Å². The summed E-state index contributed by atoms with van der Waals surface area (Å²) in [6.07, 6.45) is 6.91. The van der Waals surface area contributed by atoms with Gasteiger partial charge in [0, 0.05) is 48.0 Å². The topological polar surface area (TPSA) is 115 Å². The van der Waals surface area contributed by atoms with Crippen LogP contribution in [0.1, 0.15) is 83.4 Å². The lowest BCUT2D eigenvalue weighted by molar-refractivity contribution is -0.200. The molecule has 3 aliphatic heterocycles. The molecule has 2 aromatic rings. The van der Waals surface area contributed by atoms with Gasteiger partial charge >= 0.3 is 6.09 Å². The Kier molecular flexibility index (Phi) is 12.0. The number of amides is 3. The predicted octanol–water partition coefficient (Wildman–Crippen LogP) is 6.85. The van der Waals surface area contributed by atoms with E-state index in [1.54, 1.807) is 16.2 Å². The van der Waals surface area contributed by atoms with Crippen molar-refractivity contribution in [2.75, 3.05) is 37.4 Å². The fourth-order valence-corrected chi connectivity index (χ4v) is 8.80. The first-order chi connectivity index (χ1) is 22.1. The highest BCUT2D eigenvalue weighted by molar-refractivity contribution is 8.00. The third-order valence-corrected chi connectivity index (χ3v) is 11.4. The number of piperidine rings is 1. The Morgan fingerprint density at radius 3 is 2.57 bits per heavy atom. The molecule has 5 rings (SSSR count). The lowest BCUT2D eigenvalue weighted by Gasteiger charge is -2.35. The Labute approximate surface area is 280 Å². The highest BCUT2D eigenvalue weighted by Gasteiger charge is 2.39. The van der Waals surface area contributed by atoms with E-state index in [9.17, 15) is 14.4 Å². The molecule has 1 unspecified atom stereocenters. The molecular formula is C34H47N3O7S2. The minimum atomic E-state index is -0.528. The second-order valence-electron chi connectivity index (χ2n) is 13.2. The largest absolute Gasteiger partial charge is 0.444 e. The molecule has 4 heterocycles. The van der Waals surface area contributed by atoms with E-state index in [0.29, 0.717) is 44.6 Å². The van der Waals surface area contributed by atoms with Gasteiger partial charge in [0.1, 0.15) is 12.2 Å². The van der Waals surface area contributed by atoms with E-state index in [4.69, 9.17) is 19.0 Å². The summed E-state index contributed by atoms with van der Waals surface area (Å²) in [5.74, 6) is 0.668. The van der Waals surface area contributed by atoms with Crippen LogP contribution in [0.5, 0.6) is 0 Å². The van der Waals surface area contributed by atoms with Gasteiger partial charge in [0.15, 0.2) is 6.29 Å². The maximum atomic E-state index is 13.0. The number of nitrogens with zero attached hydrogens (tertiary/aromatic N) is 1. The van der Waals surface area contributed by atoms with Crippen LogP contribution >= 0.6 is 23.1 Å². The fraction of sp³-hybridized carbons (Fsp3) is 0.618. The van der Waals surface area contributed by atoms with Crippen molar-refractivity contribution in [3.63, 3.8) is 0 Å². The first-order valence-corrected chi connectivity index (χ1v) is 18.2. The maximum Gasteiger partial charge on any atom is 0.410 e. The smallest absolute Gasteiger partial charge is 0.410 e. The third kappa shape index (κ3) is 9.93. The molecule has 3 amide bonds. The molecule has 46 heavy (non-hydrogen) atoms. The van der Waals surface area contributed by atoms with Crippen molar-refractivity contribution in [1.82, 2.24) is 10.4 Å². The summed E-state index contributed by atoms with van der Waals surface area (Å²) in [6, 6.07) is 12.1. The zero-order valence-corrected chi connectivity index (χ0v) is 28.8. The fourth-order valence-electron chi connectivity index (χ4n) is 5.91. The Balaban J connectivity index is 1.13. The summed E-state index contributed by atoms with van der Waals surface area (Å²) >= 11 is 3.56. The average molecular weight is 674 g/mol. The summed E-state index contributed by atoms with van der Waals surface area (Å²) in [5, 5.41) is 2.96. The standard InChI is InChI=1S/C34H47N3O7S2/c1-33(2,3)43-32(40)37-17-14-26(15-18-37)42-23-30(39)35-25-10-8-9-24(21-25)27-12-13-28(46-27)34(16-5-7-20-45-34)22-29(38)36-44-31-11-4-6-19-41-31/h8-10,12-13,21,26,31H,4-7,11,14-20,22-23H2,1-3H3,(H,35,39)(H,36,38)/t31?,34-/m0/s1. The molecule has 12 heteroatoms. The van der Waals surface area contributed by atoms with Gasteiger partial charge in [0.05, 0.1) is 10.9 Å². The second-order valence-corrected chi connectivity index (χ2v) is 15.7. The molecule has 0 aliphatic carbocycles. The predicted molar refractivity (Wildman–Crippen MR) is 181 cm³/mol. The minimum absolute atomic E-state index is 0.0527. The van der Waals surface area contributed by atoms with Crippen LogP contribution in [-0.2, 0) is 33.4 Å². The van der Waals surface area contributed by atoms with Gasteiger partial charge in [-0.25, -0.2) is 15.1 Å². The van der Waals surface area contributed by atoms with E-state index in [0.717, 1.165) is 54.7 Å². The van der Waals surface area contributed by atoms with E-state index in [-0.39, 0.29) is 41.7 Å². The Bertz CT molecular complexity index is 1320. The van der Waals surface area contributed by atoms with Crippen LogP contribution in [0, 0.1) is 0 Å². The molecule has 2 N–H and O–H groups in total. The van der Waals surface area contributed by atoms with Gasteiger partial charge in [-0.05, 0) is 94.9 Å². The summed E-state index contributed by atoms with van der Waals surface area (Å²) in [5.41, 5.74) is 3.83. The zero-order valence-electron chi connectivity index (χ0n) is 27.1. The van der Waals surface area contributed by atoms with Gasteiger partial charge in [-0.15, -0.1) is 23.1 Å². The highest BCUT2D eigenvalue weighted by Crippen LogP contribution is 2.51. The summed E-state index contributed by atoms with van der Waals surface area (Å²) in [7, 11) is 0. The van der Waals surface area contributed by atoms with Crippen molar-refractivity contribution in [1.29, 1.82) is 0 Å². The van der Waals surface area contributed by atoms with Crippen LogP contribution in [0.4, 0.5) is 10.5 Å². The van der Waals surface area contributed by atoms with Gasteiger partial charge in [0.2, 0.25) is 11.8 Å². The average Bonchev–Trinajstić information content (AvgIpc) is 3.55. The molecule has 0 radical (unpaired) electrons. The first-order valence-electron chi connectivity index (χ1n) is 16.4. The lowest BCUT2D eigenvalue weighted by Crippen LogP contribution is -2.43. The van der Waals surface area contributed by atoms with Gasteiger partial charge in [-0.1, -0.05) is 18.6 Å². The quantitative estimate of drug-likeness (QED) is 0.263. The second kappa shape index (κ2) is 16.0. The lowest BCUT2D eigenvalue weighted by atomic mass is 9.94. The molecule has 1 aromatic carbocycles. The number of anilines is 1. The number of hydrogen-bond acceptors (Lipinski definition) is 9. The molecule has 1 aromatic heterocycles. The molecule has 0 bridgehead atoms. The first kappa shape index (κ1) is 34.7. The molecule has 0 spiro atoms. The van der Waals surface area contributed by atoms with Gasteiger partial charge in [-0.2, -0.15) is 0 Å². The van der Waals surface area contributed by atoms with Crippen LogP contribution in [0.15, 0.2) is 36.4 Å². The number of ether oxygens (including phenoxy) is 3. The zero-order chi connectivity index (χ0) is 32.6. The monoisotopic (exact) mass is 673 g/mol. The Hall–Kier alpha value is -2.64. The number of thiophene rings is 1. The summed E-state index contributed by atoms with van der Waals surface area (Å²) in [4.78, 5) is 47.6. The van der Waals surface area contributed by atoms with Crippen molar-refractivity contribution in [3.8, 4) is 10.4 Å².